The quantitative estimate of drug-likeness (QED) is 0.834. The number of ether oxygens (including phenoxy) is 1. The van der Waals surface area contributed by atoms with Gasteiger partial charge < -0.3 is 19.6 Å². The summed E-state index contributed by atoms with van der Waals surface area (Å²) in [5.74, 6) is 0.352. The molecule has 1 N–H and O–H groups in total. The van der Waals surface area contributed by atoms with Crippen molar-refractivity contribution < 1.29 is 14.6 Å². The van der Waals surface area contributed by atoms with Crippen molar-refractivity contribution >= 4 is 5.91 Å². The van der Waals surface area contributed by atoms with Crippen LogP contribution in [0.3, 0.4) is 0 Å². The minimum Gasteiger partial charge on any atom is -0.508 e. The molecule has 1 aliphatic heterocycles. The molecule has 1 amide bonds. The second kappa shape index (κ2) is 8.54. The lowest BCUT2D eigenvalue weighted by Crippen LogP contribution is -2.51. The number of amides is 1. The predicted molar refractivity (Wildman–Crippen MR) is 102 cm³/mol. The summed E-state index contributed by atoms with van der Waals surface area (Å²) in [6.45, 7) is 1.86. The molecule has 0 aliphatic carbocycles. The van der Waals surface area contributed by atoms with Gasteiger partial charge in [-0.1, -0.05) is 12.1 Å². The fourth-order valence-corrected chi connectivity index (χ4v) is 3.57. The Morgan fingerprint density at radius 2 is 2.07 bits per heavy atom. The molecule has 7 nitrogen and oxygen atoms in total. The molecule has 1 saturated heterocycles. The van der Waals surface area contributed by atoms with Gasteiger partial charge in [0, 0.05) is 38.3 Å². The summed E-state index contributed by atoms with van der Waals surface area (Å²) in [6.07, 6.45) is 4.77. The van der Waals surface area contributed by atoms with Crippen LogP contribution in [-0.4, -0.2) is 70.5 Å². The van der Waals surface area contributed by atoms with Gasteiger partial charge in [-0.25, -0.2) is 0 Å². The van der Waals surface area contributed by atoms with Crippen LogP contribution >= 0.6 is 0 Å². The third kappa shape index (κ3) is 4.87. The number of carbonyl (C=O) groups is 1. The zero-order valence-corrected chi connectivity index (χ0v) is 16.2. The Labute approximate surface area is 160 Å². The fraction of sp³-hybridized carbons (Fsp3) is 0.500. The molecule has 0 saturated carbocycles. The van der Waals surface area contributed by atoms with Crippen LogP contribution in [0.15, 0.2) is 36.7 Å². The minimum absolute atomic E-state index is 0.0874. The highest BCUT2D eigenvalue weighted by Crippen LogP contribution is 2.30. The van der Waals surface area contributed by atoms with E-state index in [1.807, 2.05) is 50.6 Å². The van der Waals surface area contributed by atoms with Crippen molar-refractivity contribution in [3.63, 3.8) is 0 Å². The van der Waals surface area contributed by atoms with Gasteiger partial charge in [-0.3, -0.25) is 9.48 Å². The van der Waals surface area contributed by atoms with Gasteiger partial charge in [-0.2, -0.15) is 5.10 Å². The van der Waals surface area contributed by atoms with Crippen LogP contribution < -0.4 is 0 Å². The summed E-state index contributed by atoms with van der Waals surface area (Å²) >= 11 is 0. The van der Waals surface area contributed by atoms with Crippen LogP contribution in [0, 0.1) is 0 Å². The maximum atomic E-state index is 13.0. The van der Waals surface area contributed by atoms with Gasteiger partial charge in [-0.05, 0) is 38.2 Å². The maximum absolute atomic E-state index is 13.0. The molecule has 2 heterocycles. The van der Waals surface area contributed by atoms with E-state index in [4.69, 9.17) is 4.74 Å². The molecule has 1 aromatic carbocycles. The van der Waals surface area contributed by atoms with Gasteiger partial charge in [0.2, 0.25) is 5.91 Å². The van der Waals surface area contributed by atoms with Crippen molar-refractivity contribution in [1.82, 2.24) is 19.6 Å². The van der Waals surface area contributed by atoms with E-state index in [-0.39, 0.29) is 23.8 Å². The molecule has 0 unspecified atom stereocenters. The second-order valence-electron chi connectivity index (χ2n) is 7.32. The Morgan fingerprint density at radius 3 is 2.70 bits per heavy atom. The standard InChI is InChI=1S/C20H28N4O3/c1-22(2)14-18-20(16-12-21-23(3)13-16)24(10-11-27-18)19(26)9-6-15-4-7-17(25)8-5-15/h4-5,7-8,12-13,18,20,25H,6,9-11,14H2,1-3H3/t18-,20-/m0/s1. The smallest absolute Gasteiger partial charge is 0.223 e. The van der Waals surface area contributed by atoms with E-state index in [2.05, 4.69) is 10.00 Å². The normalized spacial score (nSPS) is 20.2. The lowest BCUT2D eigenvalue weighted by molar-refractivity contribution is -0.148. The van der Waals surface area contributed by atoms with Crippen LogP contribution in [0.2, 0.25) is 0 Å². The van der Waals surface area contributed by atoms with Gasteiger partial charge >= 0.3 is 0 Å². The highest BCUT2D eigenvalue weighted by atomic mass is 16.5. The van der Waals surface area contributed by atoms with E-state index in [1.165, 1.54) is 0 Å². The number of carbonyl (C=O) groups excluding carboxylic acids is 1. The van der Waals surface area contributed by atoms with E-state index >= 15 is 0 Å². The topological polar surface area (TPSA) is 70.8 Å². The molecule has 2 atom stereocenters. The molecule has 0 spiro atoms. The van der Waals surface area contributed by atoms with Crippen LogP contribution in [0.1, 0.15) is 23.6 Å². The van der Waals surface area contributed by atoms with Gasteiger partial charge in [0.05, 0.1) is 24.9 Å². The molecular weight excluding hydrogens is 344 g/mol. The van der Waals surface area contributed by atoms with Crippen LogP contribution in [0.25, 0.3) is 0 Å². The summed E-state index contributed by atoms with van der Waals surface area (Å²) in [6, 6.07) is 6.88. The first-order valence-corrected chi connectivity index (χ1v) is 9.26. The molecule has 0 radical (unpaired) electrons. The van der Waals surface area contributed by atoms with Crippen molar-refractivity contribution in [2.24, 2.45) is 7.05 Å². The molecule has 1 aromatic heterocycles. The van der Waals surface area contributed by atoms with E-state index in [1.54, 1.807) is 16.8 Å². The Kier molecular flexibility index (Phi) is 6.13. The summed E-state index contributed by atoms with van der Waals surface area (Å²) in [4.78, 5) is 17.1. The summed E-state index contributed by atoms with van der Waals surface area (Å²) in [5, 5.41) is 13.7. The maximum Gasteiger partial charge on any atom is 0.223 e. The number of aryl methyl sites for hydroxylation is 2. The van der Waals surface area contributed by atoms with Crippen LogP contribution in [0.5, 0.6) is 5.75 Å². The first kappa shape index (κ1) is 19.4. The van der Waals surface area contributed by atoms with Gasteiger partial charge in [0.1, 0.15) is 5.75 Å². The summed E-state index contributed by atoms with van der Waals surface area (Å²) < 4.78 is 7.78. The first-order chi connectivity index (χ1) is 12.9. The average molecular weight is 372 g/mol. The highest BCUT2D eigenvalue weighted by Gasteiger charge is 2.37. The summed E-state index contributed by atoms with van der Waals surface area (Å²) in [5.41, 5.74) is 2.04. The predicted octanol–water partition coefficient (Wildman–Crippen LogP) is 1.59. The summed E-state index contributed by atoms with van der Waals surface area (Å²) in [7, 11) is 5.90. The van der Waals surface area contributed by atoms with E-state index in [0.717, 1.165) is 17.7 Å². The number of aromatic hydroxyl groups is 1. The zero-order chi connectivity index (χ0) is 19.4. The van der Waals surface area contributed by atoms with Crippen LogP contribution in [-0.2, 0) is 23.0 Å². The molecule has 7 heteroatoms. The SMILES string of the molecule is CN(C)C[C@@H]1OCCN(C(=O)CCc2ccc(O)cc2)[C@H]1c1cnn(C)c1. The lowest BCUT2D eigenvalue weighted by Gasteiger charge is -2.42. The largest absolute Gasteiger partial charge is 0.508 e. The minimum atomic E-state index is -0.137. The van der Waals surface area contributed by atoms with Gasteiger partial charge in [0.15, 0.2) is 0 Å². The van der Waals surface area contributed by atoms with Crippen molar-refractivity contribution in [3.8, 4) is 5.75 Å². The van der Waals surface area contributed by atoms with Crippen LogP contribution in [0.4, 0.5) is 0 Å². The monoisotopic (exact) mass is 372 g/mol. The van der Waals surface area contributed by atoms with E-state index in [0.29, 0.717) is 26.0 Å². The molecule has 1 aliphatic rings. The molecule has 3 rings (SSSR count). The molecular formula is C20H28N4O3. The average Bonchev–Trinajstić information content (AvgIpc) is 3.06. The lowest BCUT2D eigenvalue weighted by atomic mass is 9.99. The molecule has 27 heavy (non-hydrogen) atoms. The number of likely N-dealkylation sites (N-methyl/N-ethyl adjacent to an activating group) is 1. The number of benzene rings is 1. The van der Waals surface area contributed by atoms with Crippen molar-refractivity contribution in [1.29, 1.82) is 0 Å². The van der Waals surface area contributed by atoms with E-state index in [9.17, 15) is 9.90 Å². The van der Waals surface area contributed by atoms with E-state index < -0.39 is 0 Å². The molecule has 0 bridgehead atoms. The van der Waals surface area contributed by atoms with Crippen molar-refractivity contribution in [2.75, 3.05) is 33.8 Å². The zero-order valence-electron chi connectivity index (χ0n) is 16.2. The third-order valence-corrected chi connectivity index (χ3v) is 4.85. The number of nitrogens with zero attached hydrogens (tertiary/aromatic N) is 4. The Bertz CT molecular complexity index is 757. The van der Waals surface area contributed by atoms with Crippen molar-refractivity contribution in [3.05, 3.63) is 47.8 Å². The molecule has 146 valence electrons. The highest BCUT2D eigenvalue weighted by molar-refractivity contribution is 5.77. The number of hydrogen-bond donors (Lipinski definition) is 1. The number of phenols is 1. The first-order valence-electron chi connectivity index (χ1n) is 9.26. The second-order valence-corrected chi connectivity index (χ2v) is 7.32. The number of rotatable bonds is 6. The van der Waals surface area contributed by atoms with Gasteiger partial charge in [-0.15, -0.1) is 0 Å². The van der Waals surface area contributed by atoms with Gasteiger partial charge in [0.25, 0.3) is 0 Å². The Hall–Kier alpha value is -2.38. The Balaban J connectivity index is 1.75. The number of hydrogen-bond acceptors (Lipinski definition) is 5. The third-order valence-electron chi connectivity index (χ3n) is 4.85. The Morgan fingerprint density at radius 1 is 1.33 bits per heavy atom. The number of aromatic nitrogens is 2. The molecule has 2 aromatic rings. The molecule has 1 fully saturated rings. The number of morpholine rings is 1. The van der Waals surface area contributed by atoms with Crippen molar-refractivity contribution in [2.45, 2.75) is 25.0 Å². The number of phenolic OH excluding ortho intramolecular Hbond substituents is 1. The fourth-order valence-electron chi connectivity index (χ4n) is 3.57.